The molecule has 0 aliphatic carbocycles. The fraction of sp³-hybridized carbons (Fsp3) is 0.286. The number of fused-ring (bicyclic) bond motifs is 1. The Kier molecular flexibility index (Phi) is 3.84. The van der Waals surface area contributed by atoms with Crippen LogP contribution in [0.15, 0.2) is 29.3 Å². The second-order valence-corrected chi connectivity index (χ2v) is 6.06. The third kappa shape index (κ3) is 2.82. The minimum absolute atomic E-state index is 0.0867. The van der Waals surface area contributed by atoms with Gasteiger partial charge in [-0.25, -0.2) is 4.79 Å². The van der Waals surface area contributed by atoms with E-state index in [9.17, 15) is 14.4 Å². The lowest BCUT2D eigenvalue weighted by atomic mass is 10.2. The number of carboxylic acid groups (broad SMARTS) is 1. The predicted molar refractivity (Wildman–Crippen MR) is 82.0 cm³/mol. The maximum absolute atomic E-state index is 12.2. The highest BCUT2D eigenvalue weighted by Crippen LogP contribution is 2.29. The molecule has 0 radical (unpaired) electrons. The number of thioether (sulfide) groups is 1. The topological polar surface area (TPSA) is 99.1 Å². The number of amides is 2. The number of carbonyl (C=O) groups excluding carboxylic acids is 2. The summed E-state index contributed by atoms with van der Waals surface area (Å²) in [5, 5.41) is 11.6. The quantitative estimate of drug-likeness (QED) is 0.867. The zero-order valence-corrected chi connectivity index (χ0v) is 12.3. The molecule has 2 aliphatic rings. The molecule has 2 aliphatic heterocycles. The van der Waals surface area contributed by atoms with Gasteiger partial charge < -0.3 is 10.4 Å². The van der Waals surface area contributed by atoms with Gasteiger partial charge in [-0.1, -0.05) is 11.8 Å². The Labute approximate surface area is 130 Å². The van der Waals surface area contributed by atoms with Gasteiger partial charge in [-0.2, -0.15) is 0 Å². The van der Waals surface area contributed by atoms with Gasteiger partial charge in [0.2, 0.25) is 11.8 Å². The lowest BCUT2D eigenvalue weighted by Gasteiger charge is -2.27. The molecule has 0 spiro atoms. The molecule has 1 aromatic rings. The zero-order chi connectivity index (χ0) is 15.7. The lowest BCUT2D eigenvalue weighted by Crippen LogP contribution is -2.43. The summed E-state index contributed by atoms with van der Waals surface area (Å²) in [6, 6.07) is 5.88. The van der Waals surface area contributed by atoms with Crippen molar-refractivity contribution < 1.29 is 19.5 Å². The van der Waals surface area contributed by atoms with Crippen molar-refractivity contribution in [3.8, 4) is 0 Å². The van der Waals surface area contributed by atoms with Crippen LogP contribution in [0.25, 0.3) is 0 Å². The number of aromatic carboxylic acids is 1. The third-order valence-electron chi connectivity index (χ3n) is 3.40. The summed E-state index contributed by atoms with van der Waals surface area (Å²) in [4.78, 5) is 40.8. The van der Waals surface area contributed by atoms with Gasteiger partial charge in [-0.05, 0) is 24.3 Å². The van der Waals surface area contributed by atoms with Crippen molar-refractivity contribution in [2.45, 2.75) is 11.7 Å². The number of hydrogen-bond acceptors (Lipinski definition) is 5. The molecule has 1 fully saturated rings. The third-order valence-corrected chi connectivity index (χ3v) is 4.63. The monoisotopic (exact) mass is 319 g/mol. The van der Waals surface area contributed by atoms with E-state index in [1.807, 2.05) is 0 Å². The van der Waals surface area contributed by atoms with Gasteiger partial charge in [0.05, 0.1) is 12.1 Å². The largest absolute Gasteiger partial charge is 0.478 e. The van der Waals surface area contributed by atoms with Crippen LogP contribution in [-0.4, -0.2) is 51.3 Å². The van der Waals surface area contributed by atoms with Gasteiger partial charge in [0.25, 0.3) is 0 Å². The molecule has 8 heteroatoms. The van der Waals surface area contributed by atoms with E-state index in [1.165, 1.54) is 36.0 Å². The van der Waals surface area contributed by atoms with Gasteiger partial charge in [-0.3, -0.25) is 19.5 Å². The van der Waals surface area contributed by atoms with Crippen LogP contribution in [0.1, 0.15) is 16.8 Å². The van der Waals surface area contributed by atoms with Crippen molar-refractivity contribution in [2.75, 3.05) is 18.4 Å². The van der Waals surface area contributed by atoms with Crippen molar-refractivity contribution in [2.24, 2.45) is 4.99 Å². The van der Waals surface area contributed by atoms with E-state index in [1.54, 1.807) is 4.90 Å². The molecule has 0 saturated carbocycles. The average Bonchev–Trinajstić information content (AvgIpc) is 2.96. The minimum atomic E-state index is -1.02. The van der Waals surface area contributed by atoms with Crippen LogP contribution in [0, 0.1) is 0 Å². The normalized spacial score (nSPS) is 20.4. The molecule has 1 aromatic carbocycles. The van der Waals surface area contributed by atoms with E-state index < -0.39 is 11.2 Å². The number of nitrogens with zero attached hydrogens (tertiary/aromatic N) is 2. The van der Waals surface area contributed by atoms with Gasteiger partial charge in [0.1, 0.15) is 5.25 Å². The molecule has 1 atom stereocenters. The van der Waals surface area contributed by atoms with Gasteiger partial charge in [0, 0.05) is 18.7 Å². The molecule has 1 unspecified atom stereocenters. The summed E-state index contributed by atoms with van der Waals surface area (Å²) in [5.41, 5.74) is 0.648. The van der Waals surface area contributed by atoms with E-state index in [4.69, 9.17) is 5.11 Å². The molecular formula is C14H13N3O4S. The Morgan fingerprint density at radius 3 is 2.73 bits per heavy atom. The Bertz CT molecular complexity index is 671. The van der Waals surface area contributed by atoms with Crippen LogP contribution in [0.4, 0.5) is 5.69 Å². The summed E-state index contributed by atoms with van der Waals surface area (Å²) < 4.78 is 0. The molecule has 2 amide bonds. The molecule has 7 nitrogen and oxygen atoms in total. The van der Waals surface area contributed by atoms with Crippen molar-refractivity contribution >= 4 is 40.4 Å². The van der Waals surface area contributed by atoms with E-state index in [0.717, 1.165) is 0 Å². The van der Waals surface area contributed by atoms with Crippen molar-refractivity contribution in [3.05, 3.63) is 29.8 Å². The fourth-order valence-corrected chi connectivity index (χ4v) is 3.39. The van der Waals surface area contributed by atoms with Crippen molar-refractivity contribution in [1.82, 2.24) is 4.90 Å². The molecule has 22 heavy (non-hydrogen) atoms. The zero-order valence-electron chi connectivity index (χ0n) is 11.5. The van der Waals surface area contributed by atoms with E-state index in [0.29, 0.717) is 23.9 Å². The number of carboxylic acids is 1. The Morgan fingerprint density at radius 2 is 2.05 bits per heavy atom. The first-order chi connectivity index (χ1) is 10.5. The minimum Gasteiger partial charge on any atom is -0.478 e. The van der Waals surface area contributed by atoms with Crippen LogP contribution in [0.2, 0.25) is 0 Å². The summed E-state index contributed by atoms with van der Waals surface area (Å²) in [6.45, 7) is 1.17. The first-order valence-electron chi connectivity index (χ1n) is 6.70. The number of benzene rings is 1. The molecule has 114 valence electrons. The highest BCUT2D eigenvalue weighted by atomic mass is 32.2. The van der Waals surface area contributed by atoms with E-state index in [2.05, 4.69) is 10.3 Å². The Hall–Kier alpha value is -2.35. The lowest BCUT2D eigenvalue weighted by molar-refractivity contribution is -0.129. The summed E-state index contributed by atoms with van der Waals surface area (Å²) in [6.07, 6.45) is 0.142. The van der Waals surface area contributed by atoms with Gasteiger partial charge in [0.15, 0.2) is 5.17 Å². The molecule has 1 saturated heterocycles. The number of anilines is 1. The highest BCUT2D eigenvalue weighted by Gasteiger charge is 2.37. The van der Waals surface area contributed by atoms with Crippen molar-refractivity contribution in [3.63, 3.8) is 0 Å². The Morgan fingerprint density at radius 1 is 1.32 bits per heavy atom. The SMILES string of the molecule is O=C(O)c1ccc(NC(=O)C2CC(=O)N3CCN=C3S2)cc1. The number of amidine groups is 1. The average molecular weight is 319 g/mol. The summed E-state index contributed by atoms with van der Waals surface area (Å²) in [7, 11) is 0. The van der Waals surface area contributed by atoms with Crippen LogP contribution >= 0.6 is 11.8 Å². The highest BCUT2D eigenvalue weighted by molar-refractivity contribution is 8.15. The smallest absolute Gasteiger partial charge is 0.335 e. The number of rotatable bonds is 3. The molecule has 0 aromatic heterocycles. The maximum Gasteiger partial charge on any atom is 0.335 e. The van der Waals surface area contributed by atoms with E-state index in [-0.39, 0.29) is 23.8 Å². The van der Waals surface area contributed by atoms with Crippen LogP contribution in [0.5, 0.6) is 0 Å². The second kappa shape index (κ2) is 5.80. The number of aliphatic imine (C=N–C) groups is 1. The fourth-order valence-electron chi connectivity index (χ4n) is 2.26. The summed E-state index contributed by atoms with van der Waals surface area (Å²) >= 11 is 1.29. The maximum atomic E-state index is 12.2. The van der Waals surface area contributed by atoms with Crippen LogP contribution in [0.3, 0.4) is 0 Å². The standard InChI is InChI=1S/C14H13N3O4S/c18-11-7-10(22-14-15-5-6-17(11)14)12(19)16-9-3-1-8(2-4-9)13(20)21/h1-4,10H,5-7H2,(H,16,19)(H,20,21). The first kappa shape index (κ1) is 14.6. The number of carbonyl (C=O) groups is 3. The summed E-state index contributed by atoms with van der Waals surface area (Å²) in [5.74, 6) is -1.39. The molecular weight excluding hydrogens is 306 g/mol. The first-order valence-corrected chi connectivity index (χ1v) is 7.58. The molecule has 2 N–H and O–H groups in total. The van der Waals surface area contributed by atoms with E-state index >= 15 is 0 Å². The van der Waals surface area contributed by atoms with Gasteiger partial charge in [-0.15, -0.1) is 0 Å². The molecule has 0 bridgehead atoms. The van der Waals surface area contributed by atoms with Crippen LogP contribution in [-0.2, 0) is 9.59 Å². The second-order valence-electron chi connectivity index (χ2n) is 4.89. The number of nitrogens with one attached hydrogen (secondary N) is 1. The molecule has 3 rings (SSSR count). The molecule has 2 heterocycles. The van der Waals surface area contributed by atoms with Crippen molar-refractivity contribution in [1.29, 1.82) is 0 Å². The predicted octanol–water partition coefficient (Wildman–Crippen LogP) is 1.03. The van der Waals surface area contributed by atoms with Crippen LogP contribution < -0.4 is 5.32 Å². The Balaban J connectivity index is 1.66. The van der Waals surface area contributed by atoms with Gasteiger partial charge >= 0.3 is 5.97 Å². The number of hydrogen-bond donors (Lipinski definition) is 2.